The van der Waals surface area contributed by atoms with Gasteiger partial charge in [0.1, 0.15) is 0 Å². The SMILES string of the molecule is CCCC(CCC)CC1=CC=C(C)CN1. The van der Waals surface area contributed by atoms with Gasteiger partial charge < -0.3 is 5.32 Å². The van der Waals surface area contributed by atoms with Gasteiger partial charge in [-0.15, -0.1) is 0 Å². The fourth-order valence-corrected chi connectivity index (χ4v) is 2.23. The van der Waals surface area contributed by atoms with E-state index in [-0.39, 0.29) is 0 Å². The van der Waals surface area contributed by atoms with E-state index in [0.717, 1.165) is 12.5 Å². The van der Waals surface area contributed by atoms with E-state index in [9.17, 15) is 0 Å². The van der Waals surface area contributed by atoms with E-state index in [2.05, 4.69) is 38.2 Å². The highest BCUT2D eigenvalue weighted by atomic mass is 14.9. The number of rotatable bonds is 6. The molecule has 0 saturated carbocycles. The van der Waals surface area contributed by atoms with Crippen LogP contribution in [0.2, 0.25) is 0 Å². The minimum absolute atomic E-state index is 0.880. The minimum atomic E-state index is 0.880. The molecule has 86 valence electrons. The molecule has 0 bridgehead atoms. The predicted molar refractivity (Wildman–Crippen MR) is 67.8 cm³/mol. The molecular weight excluding hydrogens is 182 g/mol. The molecule has 15 heavy (non-hydrogen) atoms. The molecular formula is C14H25N. The summed E-state index contributed by atoms with van der Waals surface area (Å²) >= 11 is 0. The van der Waals surface area contributed by atoms with Crippen LogP contribution in [0.1, 0.15) is 52.9 Å². The lowest BCUT2D eigenvalue weighted by atomic mass is 9.92. The van der Waals surface area contributed by atoms with Crippen molar-refractivity contribution in [3.05, 3.63) is 23.4 Å². The summed E-state index contributed by atoms with van der Waals surface area (Å²) in [4.78, 5) is 0. The Morgan fingerprint density at radius 3 is 2.33 bits per heavy atom. The smallest absolute Gasteiger partial charge is 0.0357 e. The van der Waals surface area contributed by atoms with Crippen molar-refractivity contribution < 1.29 is 0 Å². The van der Waals surface area contributed by atoms with Crippen molar-refractivity contribution in [3.63, 3.8) is 0 Å². The van der Waals surface area contributed by atoms with Gasteiger partial charge in [-0.3, -0.25) is 0 Å². The van der Waals surface area contributed by atoms with Crippen LogP contribution >= 0.6 is 0 Å². The summed E-state index contributed by atoms with van der Waals surface area (Å²) in [6.45, 7) is 7.79. The molecule has 1 aliphatic rings. The molecule has 1 N–H and O–H groups in total. The van der Waals surface area contributed by atoms with E-state index in [1.165, 1.54) is 43.4 Å². The predicted octanol–water partition coefficient (Wildman–Crippen LogP) is 4.03. The van der Waals surface area contributed by atoms with Crippen LogP contribution in [-0.2, 0) is 0 Å². The standard InChI is InChI=1S/C14H25N/c1-4-6-13(7-5-2)10-14-9-8-12(3)11-15-14/h8-9,13,15H,4-7,10-11H2,1-3H3. The summed E-state index contributed by atoms with van der Waals surface area (Å²) in [5.41, 5.74) is 2.87. The second-order valence-electron chi connectivity index (χ2n) is 4.71. The van der Waals surface area contributed by atoms with Crippen LogP contribution in [0, 0.1) is 5.92 Å². The molecule has 0 fully saturated rings. The fraction of sp³-hybridized carbons (Fsp3) is 0.714. The molecule has 0 aliphatic carbocycles. The third kappa shape index (κ3) is 4.55. The molecule has 0 aromatic rings. The van der Waals surface area contributed by atoms with Gasteiger partial charge in [0.25, 0.3) is 0 Å². The van der Waals surface area contributed by atoms with Crippen molar-refractivity contribution in [1.82, 2.24) is 5.32 Å². The first-order valence-corrected chi connectivity index (χ1v) is 6.36. The van der Waals surface area contributed by atoms with Crippen molar-refractivity contribution >= 4 is 0 Å². The second-order valence-corrected chi connectivity index (χ2v) is 4.71. The normalized spacial score (nSPS) is 16.0. The summed E-state index contributed by atoms with van der Waals surface area (Å²) in [7, 11) is 0. The average Bonchev–Trinajstić information content (AvgIpc) is 2.22. The molecule has 1 rings (SSSR count). The van der Waals surface area contributed by atoms with Crippen LogP contribution in [0.4, 0.5) is 0 Å². The molecule has 1 nitrogen and oxygen atoms in total. The topological polar surface area (TPSA) is 12.0 Å². The zero-order valence-corrected chi connectivity index (χ0v) is 10.5. The van der Waals surface area contributed by atoms with Gasteiger partial charge in [-0.2, -0.15) is 0 Å². The van der Waals surface area contributed by atoms with Crippen molar-refractivity contribution in [2.45, 2.75) is 52.9 Å². The van der Waals surface area contributed by atoms with Gasteiger partial charge in [-0.1, -0.05) is 51.2 Å². The van der Waals surface area contributed by atoms with Crippen LogP contribution in [-0.4, -0.2) is 6.54 Å². The summed E-state index contributed by atoms with van der Waals surface area (Å²) in [6.07, 6.45) is 11.1. The van der Waals surface area contributed by atoms with Crippen LogP contribution in [0.25, 0.3) is 0 Å². The average molecular weight is 207 g/mol. The van der Waals surface area contributed by atoms with Gasteiger partial charge in [0, 0.05) is 12.2 Å². The van der Waals surface area contributed by atoms with E-state index < -0.39 is 0 Å². The number of nitrogens with one attached hydrogen (secondary N) is 1. The molecule has 1 aliphatic heterocycles. The summed E-state index contributed by atoms with van der Waals surface area (Å²) in [5.74, 6) is 0.880. The highest BCUT2D eigenvalue weighted by molar-refractivity contribution is 5.22. The zero-order valence-electron chi connectivity index (χ0n) is 10.5. The van der Waals surface area contributed by atoms with Crippen molar-refractivity contribution in [1.29, 1.82) is 0 Å². The number of hydrogen-bond acceptors (Lipinski definition) is 1. The first kappa shape index (κ1) is 12.4. The Morgan fingerprint density at radius 1 is 1.20 bits per heavy atom. The Labute approximate surface area is 94.6 Å². The molecule has 0 aromatic carbocycles. The molecule has 0 aromatic heterocycles. The second kappa shape index (κ2) is 6.71. The Balaban J connectivity index is 2.43. The molecule has 0 amide bonds. The molecule has 0 spiro atoms. The molecule has 0 saturated heterocycles. The molecule has 0 radical (unpaired) electrons. The van der Waals surface area contributed by atoms with Gasteiger partial charge in [0.15, 0.2) is 0 Å². The molecule has 1 heterocycles. The van der Waals surface area contributed by atoms with E-state index in [4.69, 9.17) is 0 Å². The highest BCUT2D eigenvalue weighted by Crippen LogP contribution is 2.22. The maximum Gasteiger partial charge on any atom is 0.0357 e. The van der Waals surface area contributed by atoms with E-state index in [1.54, 1.807) is 0 Å². The van der Waals surface area contributed by atoms with E-state index in [0.29, 0.717) is 0 Å². The van der Waals surface area contributed by atoms with Crippen LogP contribution in [0.3, 0.4) is 0 Å². The van der Waals surface area contributed by atoms with Gasteiger partial charge in [-0.25, -0.2) is 0 Å². The van der Waals surface area contributed by atoms with Gasteiger partial charge in [0.2, 0.25) is 0 Å². The Morgan fingerprint density at radius 2 is 1.87 bits per heavy atom. The third-order valence-electron chi connectivity index (χ3n) is 3.07. The summed E-state index contributed by atoms with van der Waals surface area (Å²) < 4.78 is 0. The first-order chi connectivity index (χ1) is 7.26. The monoisotopic (exact) mass is 207 g/mol. The van der Waals surface area contributed by atoms with Crippen LogP contribution in [0.5, 0.6) is 0 Å². The molecule has 1 heteroatoms. The van der Waals surface area contributed by atoms with Crippen LogP contribution in [0.15, 0.2) is 23.4 Å². The highest BCUT2D eigenvalue weighted by Gasteiger charge is 2.10. The van der Waals surface area contributed by atoms with E-state index in [1.807, 2.05) is 0 Å². The number of dihydropyridines is 1. The largest absolute Gasteiger partial charge is 0.385 e. The van der Waals surface area contributed by atoms with Crippen molar-refractivity contribution in [3.8, 4) is 0 Å². The van der Waals surface area contributed by atoms with Crippen molar-refractivity contribution in [2.24, 2.45) is 5.92 Å². The quantitative estimate of drug-likeness (QED) is 0.693. The zero-order chi connectivity index (χ0) is 11.1. The number of hydrogen-bond donors (Lipinski definition) is 1. The third-order valence-corrected chi connectivity index (χ3v) is 3.07. The van der Waals surface area contributed by atoms with Gasteiger partial charge in [-0.05, 0) is 25.3 Å². The Kier molecular flexibility index (Phi) is 5.52. The lowest BCUT2D eigenvalue weighted by molar-refractivity contribution is 0.427. The fourth-order valence-electron chi connectivity index (χ4n) is 2.23. The maximum absolute atomic E-state index is 3.51. The number of allylic oxidation sites excluding steroid dienone is 3. The van der Waals surface area contributed by atoms with E-state index >= 15 is 0 Å². The summed E-state index contributed by atoms with van der Waals surface area (Å²) in [5, 5.41) is 3.51. The maximum atomic E-state index is 3.51. The molecule has 0 unspecified atom stereocenters. The first-order valence-electron chi connectivity index (χ1n) is 6.36. The minimum Gasteiger partial charge on any atom is -0.385 e. The van der Waals surface area contributed by atoms with Crippen molar-refractivity contribution in [2.75, 3.05) is 6.54 Å². The lowest BCUT2D eigenvalue weighted by Gasteiger charge is -2.21. The molecule has 0 atom stereocenters. The van der Waals surface area contributed by atoms with Gasteiger partial charge >= 0.3 is 0 Å². The Hall–Kier alpha value is -0.720. The van der Waals surface area contributed by atoms with Crippen LogP contribution < -0.4 is 5.32 Å². The Bertz CT molecular complexity index is 232. The summed E-state index contributed by atoms with van der Waals surface area (Å²) in [6, 6.07) is 0. The van der Waals surface area contributed by atoms with Gasteiger partial charge in [0.05, 0.1) is 0 Å². The lowest BCUT2D eigenvalue weighted by Crippen LogP contribution is -2.20.